The lowest BCUT2D eigenvalue weighted by Gasteiger charge is -2.09. The molecule has 0 atom stereocenters. The summed E-state index contributed by atoms with van der Waals surface area (Å²) in [4.78, 5) is 26.9. The topological polar surface area (TPSA) is 85.1 Å². The van der Waals surface area contributed by atoms with E-state index in [9.17, 15) is 14.9 Å². The predicted molar refractivity (Wildman–Crippen MR) is 87.5 cm³/mol. The van der Waals surface area contributed by atoms with Gasteiger partial charge in [-0.15, -0.1) is 0 Å². The first-order valence-electron chi connectivity index (χ1n) is 6.96. The molecule has 6 heteroatoms. The third kappa shape index (κ3) is 3.01. The Bertz CT molecular complexity index is 922. The molecular formula is C17H13N3O3. The van der Waals surface area contributed by atoms with Gasteiger partial charge in [0.05, 0.1) is 16.1 Å². The second-order valence-corrected chi connectivity index (χ2v) is 5.14. The molecule has 0 aliphatic rings. The van der Waals surface area contributed by atoms with E-state index in [-0.39, 0.29) is 11.3 Å². The third-order valence-corrected chi connectivity index (χ3v) is 3.46. The van der Waals surface area contributed by atoms with Crippen molar-refractivity contribution in [3.63, 3.8) is 0 Å². The van der Waals surface area contributed by atoms with Gasteiger partial charge in [0.15, 0.2) is 0 Å². The molecule has 1 aromatic heterocycles. The number of pyridine rings is 1. The van der Waals surface area contributed by atoms with Crippen LogP contribution < -0.4 is 5.32 Å². The number of nitro groups is 1. The number of anilines is 1. The number of nitro benzene ring substituents is 1. The molecule has 0 saturated carbocycles. The van der Waals surface area contributed by atoms with Crippen molar-refractivity contribution in [3.05, 3.63) is 76.0 Å². The average molecular weight is 307 g/mol. The average Bonchev–Trinajstić information content (AvgIpc) is 2.55. The molecule has 0 spiro atoms. The van der Waals surface area contributed by atoms with Crippen molar-refractivity contribution in [2.45, 2.75) is 6.92 Å². The summed E-state index contributed by atoms with van der Waals surface area (Å²) in [5.41, 5.74) is 2.56. The molecule has 23 heavy (non-hydrogen) atoms. The lowest BCUT2D eigenvalue weighted by molar-refractivity contribution is -0.384. The number of nitrogens with zero attached hydrogens (tertiary/aromatic N) is 2. The van der Waals surface area contributed by atoms with Crippen LogP contribution in [0, 0.1) is 17.0 Å². The summed E-state index contributed by atoms with van der Waals surface area (Å²) < 4.78 is 0. The van der Waals surface area contributed by atoms with Crippen molar-refractivity contribution in [2.24, 2.45) is 0 Å². The second-order valence-electron chi connectivity index (χ2n) is 5.14. The molecule has 1 amide bonds. The van der Waals surface area contributed by atoms with E-state index >= 15 is 0 Å². The Morgan fingerprint density at radius 2 is 2.00 bits per heavy atom. The van der Waals surface area contributed by atoms with Gasteiger partial charge in [0.2, 0.25) is 0 Å². The van der Waals surface area contributed by atoms with Gasteiger partial charge in [0.25, 0.3) is 11.6 Å². The molecular weight excluding hydrogens is 294 g/mol. The van der Waals surface area contributed by atoms with Crippen molar-refractivity contribution in [1.82, 2.24) is 4.98 Å². The van der Waals surface area contributed by atoms with Gasteiger partial charge < -0.3 is 5.32 Å². The van der Waals surface area contributed by atoms with Gasteiger partial charge in [-0.2, -0.15) is 0 Å². The summed E-state index contributed by atoms with van der Waals surface area (Å²) in [6, 6.07) is 13.1. The highest BCUT2D eigenvalue weighted by atomic mass is 16.6. The number of aromatic nitrogens is 1. The van der Waals surface area contributed by atoms with E-state index < -0.39 is 10.8 Å². The quantitative estimate of drug-likeness (QED) is 0.590. The Hall–Kier alpha value is -3.28. The zero-order valence-electron chi connectivity index (χ0n) is 12.3. The highest BCUT2D eigenvalue weighted by Gasteiger charge is 2.13. The molecule has 0 saturated heterocycles. The predicted octanol–water partition coefficient (Wildman–Crippen LogP) is 3.70. The monoisotopic (exact) mass is 307 g/mol. The minimum Gasteiger partial charge on any atom is -0.321 e. The van der Waals surface area contributed by atoms with Gasteiger partial charge in [-0.05, 0) is 31.2 Å². The highest BCUT2D eigenvalue weighted by Crippen LogP contribution is 2.23. The van der Waals surface area contributed by atoms with Crippen LogP contribution in [0.15, 0.2) is 54.7 Å². The van der Waals surface area contributed by atoms with Crippen LogP contribution in [0.2, 0.25) is 0 Å². The maximum absolute atomic E-state index is 12.4. The van der Waals surface area contributed by atoms with Gasteiger partial charge >= 0.3 is 0 Å². The number of hydrogen-bond acceptors (Lipinski definition) is 4. The zero-order valence-corrected chi connectivity index (χ0v) is 12.3. The molecule has 0 unspecified atom stereocenters. The van der Waals surface area contributed by atoms with E-state index in [2.05, 4.69) is 10.3 Å². The van der Waals surface area contributed by atoms with Crippen LogP contribution in [0.25, 0.3) is 10.9 Å². The molecule has 0 radical (unpaired) electrons. The van der Waals surface area contributed by atoms with Gasteiger partial charge in [0, 0.05) is 29.3 Å². The van der Waals surface area contributed by atoms with Crippen LogP contribution in [0.3, 0.4) is 0 Å². The van der Waals surface area contributed by atoms with Crippen molar-refractivity contribution in [3.8, 4) is 0 Å². The fourth-order valence-corrected chi connectivity index (χ4v) is 2.32. The van der Waals surface area contributed by atoms with E-state index in [1.54, 1.807) is 12.3 Å². The number of fused-ring (bicyclic) bond motifs is 1. The molecule has 1 N–H and O–H groups in total. The van der Waals surface area contributed by atoms with Crippen LogP contribution in [0.1, 0.15) is 15.9 Å². The second kappa shape index (κ2) is 5.84. The first kappa shape index (κ1) is 14.6. The van der Waals surface area contributed by atoms with Crippen LogP contribution >= 0.6 is 0 Å². The maximum Gasteiger partial charge on any atom is 0.270 e. The number of nitrogens with one attached hydrogen (secondary N) is 1. The van der Waals surface area contributed by atoms with Crippen molar-refractivity contribution in [1.29, 1.82) is 0 Å². The summed E-state index contributed by atoms with van der Waals surface area (Å²) in [6.45, 7) is 1.96. The van der Waals surface area contributed by atoms with Gasteiger partial charge in [-0.1, -0.05) is 17.7 Å². The van der Waals surface area contributed by atoms with Crippen LogP contribution in [-0.2, 0) is 0 Å². The number of aryl methyl sites for hydroxylation is 1. The summed E-state index contributed by atoms with van der Waals surface area (Å²) in [7, 11) is 0. The van der Waals surface area contributed by atoms with Crippen LogP contribution in [0.4, 0.5) is 11.4 Å². The number of benzene rings is 2. The molecule has 0 bridgehead atoms. The highest BCUT2D eigenvalue weighted by molar-refractivity contribution is 6.08. The van der Waals surface area contributed by atoms with E-state index in [0.29, 0.717) is 5.69 Å². The van der Waals surface area contributed by atoms with Gasteiger partial charge in [-0.3, -0.25) is 19.9 Å². The summed E-state index contributed by atoms with van der Waals surface area (Å²) in [5, 5.41) is 14.4. The summed E-state index contributed by atoms with van der Waals surface area (Å²) in [5.74, 6) is -0.400. The van der Waals surface area contributed by atoms with Gasteiger partial charge in [0.1, 0.15) is 0 Å². The Kier molecular flexibility index (Phi) is 3.72. The molecule has 3 aromatic rings. The number of carbonyl (C=O) groups is 1. The lowest BCUT2D eigenvalue weighted by atomic mass is 10.1. The van der Waals surface area contributed by atoms with E-state index in [1.807, 2.05) is 25.1 Å². The molecule has 0 fully saturated rings. The van der Waals surface area contributed by atoms with Crippen molar-refractivity contribution >= 4 is 28.2 Å². The Morgan fingerprint density at radius 1 is 1.17 bits per heavy atom. The minimum atomic E-state index is -0.526. The molecule has 3 rings (SSSR count). The van der Waals surface area contributed by atoms with E-state index in [0.717, 1.165) is 16.5 Å². The van der Waals surface area contributed by atoms with Crippen molar-refractivity contribution in [2.75, 3.05) is 5.32 Å². The molecule has 114 valence electrons. The Balaban J connectivity index is 1.96. The largest absolute Gasteiger partial charge is 0.321 e. The van der Waals surface area contributed by atoms with Crippen LogP contribution in [0.5, 0.6) is 0 Å². The number of carbonyl (C=O) groups excluding carboxylic acids is 1. The minimum absolute atomic E-state index is 0.118. The van der Waals surface area contributed by atoms with Gasteiger partial charge in [-0.25, -0.2) is 0 Å². The Labute approximate surface area is 131 Å². The molecule has 1 heterocycles. The first-order chi connectivity index (χ1) is 11.0. The smallest absolute Gasteiger partial charge is 0.270 e. The molecule has 0 aliphatic heterocycles. The molecule has 2 aromatic carbocycles. The zero-order chi connectivity index (χ0) is 16.4. The summed E-state index contributed by atoms with van der Waals surface area (Å²) in [6.07, 6.45) is 1.61. The number of non-ortho nitro benzene ring substituents is 1. The molecule has 6 nitrogen and oxygen atoms in total. The van der Waals surface area contributed by atoms with Crippen LogP contribution in [-0.4, -0.2) is 15.8 Å². The molecule has 0 aliphatic carbocycles. The number of hydrogen-bond donors (Lipinski definition) is 1. The Morgan fingerprint density at radius 3 is 2.78 bits per heavy atom. The maximum atomic E-state index is 12.4. The fourth-order valence-electron chi connectivity index (χ4n) is 2.32. The lowest BCUT2D eigenvalue weighted by Crippen LogP contribution is -2.12. The summed E-state index contributed by atoms with van der Waals surface area (Å²) >= 11 is 0. The van der Waals surface area contributed by atoms with Crippen molar-refractivity contribution < 1.29 is 9.72 Å². The number of rotatable bonds is 3. The first-order valence-corrected chi connectivity index (χ1v) is 6.96. The fraction of sp³-hybridized carbons (Fsp3) is 0.0588. The normalized spacial score (nSPS) is 10.5. The standard InChI is InChI=1S/C17H13N3O3/c1-11-5-6-15-14(9-11)16(7-8-18-15)19-17(21)12-3-2-4-13(10-12)20(22)23/h2-10H,1H3,(H,18,19,21). The van der Waals surface area contributed by atoms with E-state index in [4.69, 9.17) is 0 Å². The SMILES string of the molecule is Cc1ccc2nccc(NC(=O)c3cccc([N+](=O)[O-])c3)c2c1. The van der Waals surface area contributed by atoms with E-state index in [1.165, 1.54) is 24.3 Å². The number of amides is 1. The third-order valence-electron chi connectivity index (χ3n) is 3.46.